The van der Waals surface area contributed by atoms with E-state index >= 15 is 0 Å². The molecule has 5 nitrogen and oxygen atoms in total. The van der Waals surface area contributed by atoms with Gasteiger partial charge < -0.3 is 4.74 Å². The third-order valence-corrected chi connectivity index (χ3v) is 5.92. The standard InChI is InChI=1S/C24H20ClN3O2S/c1-30-20-11-9-18(10-12-20)26-15-22-23(16-31-21-13-7-17(25)8-14-21)27-28(24(22)29)19-5-3-2-4-6-19/h2-15,27H,16H2,1H3. The number of nitrogens with one attached hydrogen (secondary N) is 1. The Balaban J connectivity index is 1.66. The Hall–Kier alpha value is -3.22. The Bertz CT molecular complexity index is 1230. The summed E-state index contributed by atoms with van der Waals surface area (Å²) in [5.74, 6) is 1.34. The number of hydrogen-bond acceptors (Lipinski definition) is 4. The number of halogens is 1. The Morgan fingerprint density at radius 2 is 1.74 bits per heavy atom. The zero-order valence-electron chi connectivity index (χ0n) is 16.8. The Morgan fingerprint density at radius 3 is 2.42 bits per heavy atom. The summed E-state index contributed by atoms with van der Waals surface area (Å²) in [5, 5.41) is 3.94. The van der Waals surface area contributed by atoms with Crippen molar-refractivity contribution in [3.05, 3.63) is 105 Å². The quantitative estimate of drug-likeness (QED) is 0.283. The van der Waals surface area contributed by atoms with Crippen LogP contribution in [-0.4, -0.2) is 23.1 Å². The van der Waals surface area contributed by atoms with Gasteiger partial charge in [-0.1, -0.05) is 29.8 Å². The summed E-state index contributed by atoms with van der Waals surface area (Å²) in [5.41, 5.74) is 2.70. The number of nitrogens with zero attached hydrogens (tertiary/aromatic N) is 2. The predicted molar refractivity (Wildman–Crippen MR) is 128 cm³/mol. The molecular weight excluding hydrogens is 430 g/mol. The molecule has 0 fully saturated rings. The van der Waals surface area contributed by atoms with Crippen molar-refractivity contribution in [2.75, 3.05) is 7.11 Å². The predicted octanol–water partition coefficient (Wildman–Crippen LogP) is 5.87. The van der Waals surface area contributed by atoms with Crippen molar-refractivity contribution in [2.24, 2.45) is 4.99 Å². The Kier molecular flexibility index (Phi) is 6.60. The van der Waals surface area contributed by atoms with Gasteiger partial charge in [-0.25, -0.2) is 4.68 Å². The average Bonchev–Trinajstić information content (AvgIpc) is 3.13. The fourth-order valence-electron chi connectivity index (χ4n) is 2.99. The van der Waals surface area contributed by atoms with Crippen molar-refractivity contribution in [3.8, 4) is 11.4 Å². The smallest absolute Gasteiger partial charge is 0.280 e. The van der Waals surface area contributed by atoms with Crippen LogP contribution >= 0.6 is 23.4 Å². The number of aromatic nitrogens is 2. The molecule has 3 aromatic carbocycles. The van der Waals surface area contributed by atoms with E-state index in [1.54, 1.807) is 29.8 Å². The van der Waals surface area contributed by atoms with E-state index in [-0.39, 0.29) is 5.56 Å². The van der Waals surface area contributed by atoms with Gasteiger partial charge in [0, 0.05) is 21.9 Å². The molecule has 0 aliphatic carbocycles. The summed E-state index contributed by atoms with van der Waals surface area (Å²) >= 11 is 7.60. The molecule has 0 aliphatic rings. The number of benzene rings is 3. The van der Waals surface area contributed by atoms with Crippen LogP contribution in [0.1, 0.15) is 11.3 Å². The van der Waals surface area contributed by atoms with Crippen LogP contribution in [0, 0.1) is 0 Å². The SMILES string of the molecule is COc1ccc(N=Cc2c(CSc3ccc(Cl)cc3)[nH]n(-c3ccccc3)c2=O)cc1. The van der Waals surface area contributed by atoms with Crippen molar-refractivity contribution in [2.45, 2.75) is 10.6 Å². The molecule has 0 saturated carbocycles. The molecule has 0 saturated heterocycles. The first-order valence-corrected chi connectivity index (χ1v) is 11.0. The van der Waals surface area contributed by atoms with Gasteiger partial charge in [0.15, 0.2) is 0 Å². The zero-order valence-corrected chi connectivity index (χ0v) is 18.4. The fourth-order valence-corrected chi connectivity index (χ4v) is 3.98. The van der Waals surface area contributed by atoms with E-state index in [0.29, 0.717) is 16.3 Å². The molecule has 1 heterocycles. The van der Waals surface area contributed by atoms with Gasteiger partial charge in [0.25, 0.3) is 5.56 Å². The van der Waals surface area contributed by atoms with E-state index in [2.05, 4.69) is 10.1 Å². The highest BCUT2D eigenvalue weighted by molar-refractivity contribution is 7.98. The van der Waals surface area contributed by atoms with Crippen LogP contribution in [0.2, 0.25) is 5.02 Å². The van der Waals surface area contributed by atoms with Crippen molar-refractivity contribution >= 4 is 35.3 Å². The maximum Gasteiger partial charge on any atom is 0.280 e. The maximum atomic E-state index is 13.2. The highest BCUT2D eigenvalue weighted by Crippen LogP contribution is 2.25. The van der Waals surface area contributed by atoms with Gasteiger partial charge in [-0.3, -0.25) is 14.9 Å². The van der Waals surface area contributed by atoms with Gasteiger partial charge in [-0.2, -0.15) is 0 Å². The number of H-pyrrole nitrogens is 1. The largest absolute Gasteiger partial charge is 0.497 e. The van der Waals surface area contributed by atoms with Gasteiger partial charge in [0.2, 0.25) is 0 Å². The lowest BCUT2D eigenvalue weighted by atomic mass is 10.2. The van der Waals surface area contributed by atoms with E-state index in [9.17, 15) is 4.79 Å². The number of rotatable bonds is 7. The molecule has 1 aromatic heterocycles. The van der Waals surface area contributed by atoms with Crippen molar-refractivity contribution in [3.63, 3.8) is 0 Å². The van der Waals surface area contributed by atoms with Gasteiger partial charge in [-0.05, 0) is 60.7 Å². The zero-order chi connectivity index (χ0) is 21.6. The number of para-hydroxylation sites is 1. The first-order valence-electron chi connectivity index (χ1n) is 9.60. The van der Waals surface area contributed by atoms with E-state index in [1.807, 2.05) is 78.9 Å². The minimum atomic E-state index is -0.143. The highest BCUT2D eigenvalue weighted by Gasteiger charge is 2.14. The second kappa shape index (κ2) is 9.73. The van der Waals surface area contributed by atoms with Crippen LogP contribution in [-0.2, 0) is 5.75 Å². The molecule has 1 N–H and O–H groups in total. The van der Waals surface area contributed by atoms with Crippen LogP contribution in [0.3, 0.4) is 0 Å². The molecule has 0 radical (unpaired) electrons. The Morgan fingerprint density at radius 1 is 1.03 bits per heavy atom. The van der Waals surface area contributed by atoms with Crippen LogP contribution < -0.4 is 10.3 Å². The summed E-state index contributed by atoms with van der Waals surface area (Å²) < 4.78 is 6.73. The molecule has 4 rings (SSSR count). The third-order valence-electron chi connectivity index (χ3n) is 4.63. The van der Waals surface area contributed by atoms with Gasteiger partial charge in [0.1, 0.15) is 5.75 Å². The molecule has 0 unspecified atom stereocenters. The normalized spacial score (nSPS) is 11.2. The first-order chi connectivity index (χ1) is 15.1. The molecule has 0 bridgehead atoms. The number of aromatic amines is 1. The van der Waals surface area contributed by atoms with Gasteiger partial charge >= 0.3 is 0 Å². The number of thioether (sulfide) groups is 1. The lowest BCUT2D eigenvalue weighted by Crippen LogP contribution is -2.17. The van der Waals surface area contributed by atoms with Crippen molar-refractivity contribution < 1.29 is 4.74 Å². The van der Waals surface area contributed by atoms with Crippen LogP contribution in [0.5, 0.6) is 5.75 Å². The van der Waals surface area contributed by atoms with E-state index in [0.717, 1.165) is 27.7 Å². The van der Waals surface area contributed by atoms with Gasteiger partial charge in [0.05, 0.1) is 29.7 Å². The summed E-state index contributed by atoms with van der Waals surface area (Å²) in [7, 11) is 1.62. The van der Waals surface area contributed by atoms with Crippen molar-refractivity contribution in [1.29, 1.82) is 0 Å². The molecule has 4 aromatic rings. The van der Waals surface area contributed by atoms with Gasteiger partial charge in [-0.15, -0.1) is 11.8 Å². The molecule has 31 heavy (non-hydrogen) atoms. The monoisotopic (exact) mass is 449 g/mol. The molecule has 0 spiro atoms. The lowest BCUT2D eigenvalue weighted by Gasteiger charge is -2.03. The molecule has 0 amide bonds. The van der Waals surface area contributed by atoms with Crippen LogP contribution in [0.15, 0.2) is 93.5 Å². The first kappa shape index (κ1) is 21.0. The summed E-state index contributed by atoms with van der Waals surface area (Å²) in [4.78, 5) is 18.7. The maximum absolute atomic E-state index is 13.2. The lowest BCUT2D eigenvalue weighted by molar-refractivity contribution is 0.415. The number of hydrogen-bond donors (Lipinski definition) is 1. The van der Waals surface area contributed by atoms with Crippen molar-refractivity contribution in [1.82, 2.24) is 9.78 Å². The molecule has 7 heteroatoms. The molecule has 156 valence electrons. The minimum Gasteiger partial charge on any atom is -0.497 e. The summed E-state index contributed by atoms with van der Waals surface area (Å²) in [6.45, 7) is 0. The molecule has 0 atom stereocenters. The van der Waals surface area contributed by atoms with E-state index in [1.165, 1.54) is 0 Å². The number of aliphatic imine (C=N–C) groups is 1. The highest BCUT2D eigenvalue weighted by atomic mass is 35.5. The fraction of sp³-hybridized carbons (Fsp3) is 0.0833. The summed E-state index contributed by atoms with van der Waals surface area (Å²) in [6, 6.07) is 24.5. The van der Waals surface area contributed by atoms with Crippen LogP contribution in [0.25, 0.3) is 5.69 Å². The topological polar surface area (TPSA) is 59.4 Å². The molecular formula is C24H20ClN3O2S. The second-order valence-electron chi connectivity index (χ2n) is 6.68. The van der Waals surface area contributed by atoms with E-state index in [4.69, 9.17) is 16.3 Å². The number of methoxy groups -OCH3 is 1. The van der Waals surface area contributed by atoms with E-state index < -0.39 is 0 Å². The van der Waals surface area contributed by atoms with Crippen LogP contribution in [0.4, 0.5) is 5.69 Å². The minimum absolute atomic E-state index is 0.143. The summed E-state index contributed by atoms with van der Waals surface area (Å²) in [6.07, 6.45) is 1.62. The Labute approximate surface area is 189 Å². The second-order valence-corrected chi connectivity index (χ2v) is 8.16. The average molecular weight is 450 g/mol. The number of ether oxygens (including phenoxy) is 1. The molecule has 0 aliphatic heterocycles. The third kappa shape index (κ3) is 5.10.